The summed E-state index contributed by atoms with van der Waals surface area (Å²) in [4.78, 5) is 14.4. The second kappa shape index (κ2) is 6.39. The van der Waals surface area contributed by atoms with Crippen LogP contribution in [0.1, 0.15) is 34.6 Å². The molecule has 0 spiro atoms. The zero-order valence-corrected chi connectivity index (χ0v) is 12.9. The first-order valence-electron chi connectivity index (χ1n) is 6.50. The quantitative estimate of drug-likeness (QED) is 0.891. The maximum atomic E-state index is 12.6. The van der Waals surface area contributed by atoms with E-state index in [1.165, 1.54) is 0 Å². The fourth-order valence-corrected chi connectivity index (χ4v) is 2.62. The number of piperidine rings is 1. The van der Waals surface area contributed by atoms with Crippen molar-refractivity contribution in [3.05, 3.63) is 17.0 Å². The average Bonchev–Trinajstić information content (AvgIpc) is 2.63. The Morgan fingerprint density at radius 3 is 2.42 bits per heavy atom. The molecule has 108 valence electrons. The number of nitrogens with one attached hydrogen (secondary N) is 1. The number of rotatable bonds is 2. The van der Waals surface area contributed by atoms with Crippen LogP contribution in [0.2, 0.25) is 0 Å². The third-order valence-electron chi connectivity index (χ3n) is 3.90. The van der Waals surface area contributed by atoms with Gasteiger partial charge in [0.1, 0.15) is 0 Å². The molecule has 0 radical (unpaired) electrons. The lowest BCUT2D eigenvalue weighted by molar-refractivity contribution is 0.0701. The monoisotopic (exact) mass is 286 g/mol. The Bertz CT molecular complexity index is 452. The fourth-order valence-electron chi connectivity index (χ4n) is 2.62. The molecule has 1 fully saturated rings. The molecule has 0 aliphatic carbocycles. The van der Waals surface area contributed by atoms with E-state index in [1.54, 1.807) is 4.68 Å². The Morgan fingerprint density at radius 2 is 1.95 bits per heavy atom. The van der Waals surface area contributed by atoms with Gasteiger partial charge in [-0.15, -0.1) is 12.4 Å². The van der Waals surface area contributed by atoms with Gasteiger partial charge in [0.25, 0.3) is 5.91 Å². The smallest absolute Gasteiger partial charge is 0.257 e. The van der Waals surface area contributed by atoms with Gasteiger partial charge in [-0.05, 0) is 39.8 Å². The van der Waals surface area contributed by atoms with Gasteiger partial charge in [0.15, 0.2) is 0 Å². The highest BCUT2D eigenvalue weighted by atomic mass is 35.5. The van der Waals surface area contributed by atoms with Crippen molar-refractivity contribution in [1.29, 1.82) is 0 Å². The van der Waals surface area contributed by atoms with Gasteiger partial charge in [0, 0.05) is 25.8 Å². The Labute approximate surface area is 120 Å². The van der Waals surface area contributed by atoms with Gasteiger partial charge in [0.2, 0.25) is 0 Å². The van der Waals surface area contributed by atoms with Crippen molar-refractivity contribution in [2.45, 2.75) is 32.7 Å². The maximum Gasteiger partial charge on any atom is 0.257 e. The molecule has 1 aromatic heterocycles. The van der Waals surface area contributed by atoms with Gasteiger partial charge >= 0.3 is 0 Å². The highest BCUT2D eigenvalue weighted by Gasteiger charge is 2.26. The number of aromatic nitrogens is 2. The summed E-state index contributed by atoms with van der Waals surface area (Å²) in [5.74, 6) is 0.102. The highest BCUT2D eigenvalue weighted by molar-refractivity contribution is 5.96. The number of nitrogens with zero attached hydrogens (tertiary/aromatic N) is 3. The van der Waals surface area contributed by atoms with Gasteiger partial charge in [-0.1, -0.05) is 0 Å². The zero-order valence-electron chi connectivity index (χ0n) is 12.1. The number of hydrogen-bond acceptors (Lipinski definition) is 3. The minimum absolute atomic E-state index is 0. The first kappa shape index (κ1) is 16.0. The molecule has 0 bridgehead atoms. The van der Waals surface area contributed by atoms with Crippen molar-refractivity contribution in [3.63, 3.8) is 0 Å². The predicted molar refractivity (Wildman–Crippen MR) is 77.9 cm³/mol. The summed E-state index contributed by atoms with van der Waals surface area (Å²) in [5, 5.41) is 7.64. The molecular weight excluding hydrogens is 264 g/mol. The van der Waals surface area contributed by atoms with Crippen molar-refractivity contribution in [1.82, 2.24) is 20.0 Å². The standard InChI is InChI=1S/C13H22N4O.ClH/c1-9-12(10(2)17(4)15-9)13(18)16(3)11-5-7-14-8-6-11;/h11,14H,5-8H2,1-4H3;1H. The lowest BCUT2D eigenvalue weighted by Crippen LogP contribution is -2.44. The van der Waals surface area contributed by atoms with Gasteiger partial charge in [0.05, 0.1) is 11.3 Å². The van der Waals surface area contributed by atoms with E-state index >= 15 is 0 Å². The number of aryl methyl sites for hydroxylation is 2. The molecule has 1 aromatic rings. The fraction of sp³-hybridized carbons (Fsp3) is 0.692. The van der Waals surface area contributed by atoms with E-state index in [0.29, 0.717) is 6.04 Å². The second-order valence-corrected chi connectivity index (χ2v) is 5.07. The van der Waals surface area contributed by atoms with Crippen molar-refractivity contribution >= 4 is 18.3 Å². The van der Waals surface area contributed by atoms with Gasteiger partial charge < -0.3 is 10.2 Å². The largest absolute Gasteiger partial charge is 0.339 e. The normalized spacial score (nSPS) is 16.0. The molecule has 0 saturated carbocycles. The molecule has 5 nitrogen and oxygen atoms in total. The van der Waals surface area contributed by atoms with Crippen LogP contribution < -0.4 is 5.32 Å². The summed E-state index contributed by atoms with van der Waals surface area (Å²) in [5.41, 5.74) is 2.53. The summed E-state index contributed by atoms with van der Waals surface area (Å²) in [7, 11) is 3.79. The summed E-state index contributed by atoms with van der Waals surface area (Å²) >= 11 is 0. The van der Waals surface area contributed by atoms with Gasteiger partial charge in [-0.3, -0.25) is 9.48 Å². The first-order valence-corrected chi connectivity index (χ1v) is 6.50. The van der Waals surface area contributed by atoms with Crippen molar-refractivity contribution < 1.29 is 4.79 Å². The number of carbonyl (C=O) groups excluding carboxylic acids is 1. The Kier molecular flexibility index (Phi) is 5.38. The molecule has 0 atom stereocenters. The predicted octanol–water partition coefficient (Wildman–Crippen LogP) is 1.28. The summed E-state index contributed by atoms with van der Waals surface area (Å²) in [6.07, 6.45) is 2.06. The molecule has 19 heavy (non-hydrogen) atoms. The Balaban J connectivity index is 0.00000180. The SMILES string of the molecule is Cc1nn(C)c(C)c1C(=O)N(C)C1CCNCC1.Cl. The van der Waals surface area contributed by atoms with Crippen LogP contribution in [-0.2, 0) is 7.05 Å². The van der Waals surface area contributed by atoms with Gasteiger partial charge in [-0.2, -0.15) is 5.10 Å². The number of hydrogen-bond donors (Lipinski definition) is 1. The van der Waals surface area contributed by atoms with Crippen LogP contribution in [0.4, 0.5) is 0 Å². The highest BCUT2D eigenvalue weighted by Crippen LogP contribution is 2.18. The van der Waals surface area contributed by atoms with Crippen LogP contribution in [0, 0.1) is 13.8 Å². The molecule has 1 N–H and O–H groups in total. The second-order valence-electron chi connectivity index (χ2n) is 5.07. The van der Waals surface area contributed by atoms with Crippen molar-refractivity contribution in [2.75, 3.05) is 20.1 Å². The van der Waals surface area contributed by atoms with Crippen LogP contribution in [0.5, 0.6) is 0 Å². The van der Waals surface area contributed by atoms with E-state index in [9.17, 15) is 4.79 Å². The molecule has 1 amide bonds. The third-order valence-corrected chi connectivity index (χ3v) is 3.90. The van der Waals surface area contributed by atoms with E-state index in [1.807, 2.05) is 32.8 Å². The average molecular weight is 287 g/mol. The molecule has 6 heteroatoms. The molecule has 1 aliphatic heterocycles. The van der Waals surface area contributed by atoms with Crippen LogP contribution in [0.25, 0.3) is 0 Å². The Hall–Kier alpha value is -1.07. The van der Waals surface area contributed by atoms with Crippen molar-refractivity contribution in [3.8, 4) is 0 Å². The van der Waals surface area contributed by atoms with Crippen LogP contribution >= 0.6 is 12.4 Å². The Morgan fingerprint density at radius 1 is 1.37 bits per heavy atom. The van der Waals surface area contributed by atoms with E-state index in [0.717, 1.165) is 42.9 Å². The number of carbonyl (C=O) groups is 1. The molecular formula is C13H23ClN4O. The molecule has 0 unspecified atom stereocenters. The zero-order chi connectivity index (χ0) is 13.3. The maximum absolute atomic E-state index is 12.6. The summed E-state index contributed by atoms with van der Waals surface area (Å²) in [6, 6.07) is 0.345. The number of amides is 1. The van der Waals surface area contributed by atoms with E-state index in [2.05, 4.69) is 10.4 Å². The van der Waals surface area contributed by atoms with Crippen LogP contribution in [0.15, 0.2) is 0 Å². The van der Waals surface area contributed by atoms with E-state index in [4.69, 9.17) is 0 Å². The first-order chi connectivity index (χ1) is 8.52. The molecule has 0 aromatic carbocycles. The summed E-state index contributed by atoms with van der Waals surface area (Å²) < 4.78 is 1.78. The minimum Gasteiger partial charge on any atom is -0.339 e. The minimum atomic E-state index is 0. The van der Waals surface area contributed by atoms with Crippen molar-refractivity contribution in [2.24, 2.45) is 7.05 Å². The van der Waals surface area contributed by atoms with Crippen LogP contribution in [-0.4, -0.2) is 46.8 Å². The lowest BCUT2D eigenvalue weighted by Gasteiger charge is -2.31. The van der Waals surface area contributed by atoms with Crippen LogP contribution in [0.3, 0.4) is 0 Å². The molecule has 1 saturated heterocycles. The number of halogens is 1. The summed E-state index contributed by atoms with van der Waals surface area (Å²) in [6.45, 7) is 5.83. The van der Waals surface area contributed by atoms with E-state index in [-0.39, 0.29) is 18.3 Å². The van der Waals surface area contributed by atoms with Gasteiger partial charge in [-0.25, -0.2) is 0 Å². The third kappa shape index (κ3) is 3.09. The molecule has 2 rings (SSSR count). The molecule has 2 heterocycles. The topological polar surface area (TPSA) is 50.2 Å². The lowest BCUT2D eigenvalue weighted by atomic mass is 10.0. The van der Waals surface area contributed by atoms with E-state index < -0.39 is 0 Å². The molecule has 1 aliphatic rings.